The van der Waals surface area contributed by atoms with E-state index < -0.39 is 11.2 Å². The minimum Gasteiger partial charge on any atom is -0.469 e. The average Bonchev–Trinajstić information content (AvgIpc) is 3.37. The summed E-state index contributed by atoms with van der Waals surface area (Å²) in [5, 5.41) is 0. The lowest BCUT2D eigenvalue weighted by Crippen LogP contribution is -2.67. The van der Waals surface area contributed by atoms with Crippen LogP contribution in [0.5, 0.6) is 0 Å². The maximum atomic E-state index is 13.5. The van der Waals surface area contributed by atoms with E-state index in [4.69, 9.17) is 14.2 Å². The molecule has 5 aliphatic carbocycles. The first kappa shape index (κ1) is 27.9. The molecule has 0 amide bonds. The standard InChI is InChI=1S/C34H52O5/c1-28(2)11-14-33(27(36)37-8)15-13-32(7)26(23(33)20-28)22(21-35)19-25-30(5)12-16-34(38-17-18-39-34)29(3,4)24(30)9-10-31(25,32)6/h21,23-25H,9-20H2,1-8H3/t23-,24-,25?,30-,31+,32+,33-/m0/s1. The predicted molar refractivity (Wildman–Crippen MR) is 151 cm³/mol. The van der Waals surface area contributed by atoms with Crippen molar-refractivity contribution in [2.45, 2.75) is 118 Å². The van der Waals surface area contributed by atoms with E-state index in [-0.39, 0.29) is 39.0 Å². The summed E-state index contributed by atoms with van der Waals surface area (Å²) < 4.78 is 18.3. The Hall–Kier alpha value is -1.20. The molecule has 0 N–H and O–H groups in total. The number of carbonyl (C=O) groups is 2. The van der Waals surface area contributed by atoms with Gasteiger partial charge in [0.2, 0.25) is 0 Å². The molecule has 1 heterocycles. The van der Waals surface area contributed by atoms with Crippen molar-refractivity contribution < 1.29 is 23.8 Å². The smallest absolute Gasteiger partial charge is 0.312 e. The van der Waals surface area contributed by atoms with Crippen molar-refractivity contribution in [3.63, 3.8) is 0 Å². The fourth-order valence-electron chi connectivity index (χ4n) is 12.0. The molecule has 1 aliphatic heterocycles. The summed E-state index contributed by atoms with van der Waals surface area (Å²) in [7, 11) is 1.55. The Bertz CT molecular complexity index is 1100. The van der Waals surface area contributed by atoms with Crippen LogP contribution >= 0.6 is 0 Å². The summed E-state index contributed by atoms with van der Waals surface area (Å²) in [6, 6.07) is 0. The van der Waals surface area contributed by atoms with Crippen molar-refractivity contribution in [3.05, 3.63) is 11.1 Å². The summed E-state index contributed by atoms with van der Waals surface area (Å²) in [4.78, 5) is 26.6. The van der Waals surface area contributed by atoms with E-state index in [2.05, 4.69) is 48.5 Å². The molecule has 7 atom stereocenters. The van der Waals surface area contributed by atoms with Gasteiger partial charge in [0, 0.05) is 11.8 Å². The highest BCUT2D eigenvalue weighted by molar-refractivity contribution is 5.81. The SMILES string of the molecule is COC(=O)[C@]12CCC(C)(C)C[C@H]1C1=C(C=O)CC3[C@@]4(C)CCC5(OCCO5)C(C)(C)[C@@H]4CC[C@@]3(C)[C@]1(C)CC2. The van der Waals surface area contributed by atoms with Gasteiger partial charge < -0.3 is 14.2 Å². The molecule has 5 fully saturated rings. The number of fused-ring (bicyclic) bond motifs is 7. The number of hydrogen-bond donors (Lipinski definition) is 0. The number of carbonyl (C=O) groups excluding carboxylic acids is 2. The molecule has 6 rings (SSSR count). The van der Waals surface area contributed by atoms with Crippen molar-refractivity contribution in [1.82, 2.24) is 0 Å². The van der Waals surface area contributed by atoms with Crippen molar-refractivity contribution >= 4 is 12.3 Å². The maximum Gasteiger partial charge on any atom is 0.312 e. The lowest BCUT2D eigenvalue weighted by Gasteiger charge is -2.72. The van der Waals surface area contributed by atoms with Crippen LogP contribution in [0.25, 0.3) is 0 Å². The Balaban J connectivity index is 1.48. The van der Waals surface area contributed by atoms with Gasteiger partial charge in [0.05, 0.1) is 25.7 Å². The Labute approximate surface area is 236 Å². The van der Waals surface area contributed by atoms with Gasteiger partial charge in [-0.05, 0) is 103 Å². The van der Waals surface area contributed by atoms with Gasteiger partial charge in [0.25, 0.3) is 0 Å². The highest BCUT2D eigenvalue weighted by Crippen LogP contribution is 2.77. The molecule has 0 aromatic rings. The van der Waals surface area contributed by atoms with Crippen LogP contribution in [0.15, 0.2) is 11.1 Å². The molecule has 6 aliphatic rings. The summed E-state index contributed by atoms with van der Waals surface area (Å²) in [6.07, 6.45) is 11.0. The number of esters is 1. The Morgan fingerprint density at radius 1 is 0.872 bits per heavy atom. The normalized spacial score (nSPS) is 47.4. The van der Waals surface area contributed by atoms with Crippen molar-refractivity contribution in [3.8, 4) is 0 Å². The van der Waals surface area contributed by atoms with Crippen LogP contribution in [-0.2, 0) is 23.8 Å². The van der Waals surface area contributed by atoms with E-state index in [1.54, 1.807) is 7.11 Å². The van der Waals surface area contributed by atoms with E-state index in [0.717, 1.165) is 69.8 Å². The van der Waals surface area contributed by atoms with Gasteiger partial charge in [-0.15, -0.1) is 0 Å². The third-order valence-electron chi connectivity index (χ3n) is 14.4. The second-order valence-electron chi connectivity index (χ2n) is 16.4. The number of methoxy groups -OCH3 is 1. The van der Waals surface area contributed by atoms with Crippen LogP contribution in [0.2, 0.25) is 0 Å². The molecule has 0 bridgehead atoms. The van der Waals surface area contributed by atoms with Crippen molar-refractivity contribution in [2.24, 2.45) is 50.2 Å². The summed E-state index contributed by atoms with van der Waals surface area (Å²) >= 11 is 0. The number of aldehydes is 1. The largest absolute Gasteiger partial charge is 0.469 e. The van der Waals surface area contributed by atoms with Gasteiger partial charge in [-0.2, -0.15) is 0 Å². The van der Waals surface area contributed by atoms with E-state index in [1.165, 1.54) is 11.9 Å². The zero-order valence-electron chi connectivity index (χ0n) is 25.8. The summed E-state index contributed by atoms with van der Waals surface area (Å²) in [6.45, 7) is 18.4. The molecule has 1 spiro atoms. The van der Waals surface area contributed by atoms with Crippen LogP contribution in [0.3, 0.4) is 0 Å². The second-order valence-corrected chi connectivity index (χ2v) is 16.4. The quantitative estimate of drug-likeness (QED) is 0.272. The van der Waals surface area contributed by atoms with Crippen molar-refractivity contribution in [1.29, 1.82) is 0 Å². The summed E-state index contributed by atoms with van der Waals surface area (Å²) in [5.74, 6) is 0.442. The predicted octanol–water partition coefficient (Wildman–Crippen LogP) is 7.27. The molecule has 0 aromatic heterocycles. The topological polar surface area (TPSA) is 61.8 Å². The molecule has 1 saturated heterocycles. The van der Waals surface area contributed by atoms with Gasteiger partial charge >= 0.3 is 5.97 Å². The monoisotopic (exact) mass is 540 g/mol. The molecule has 0 aromatic carbocycles. The number of rotatable bonds is 2. The molecular formula is C34H52O5. The molecule has 1 unspecified atom stereocenters. The highest BCUT2D eigenvalue weighted by Gasteiger charge is 2.72. The molecule has 218 valence electrons. The van der Waals surface area contributed by atoms with Gasteiger partial charge in [0.15, 0.2) is 5.79 Å². The van der Waals surface area contributed by atoms with E-state index in [0.29, 0.717) is 25.0 Å². The number of allylic oxidation sites excluding steroid dienone is 2. The Morgan fingerprint density at radius 2 is 1.54 bits per heavy atom. The first-order valence-electron chi connectivity index (χ1n) is 15.7. The van der Waals surface area contributed by atoms with Crippen LogP contribution in [-0.4, -0.2) is 38.4 Å². The molecule has 5 nitrogen and oxygen atoms in total. The molecule has 39 heavy (non-hydrogen) atoms. The third kappa shape index (κ3) is 3.32. The van der Waals surface area contributed by atoms with E-state index in [1.807, 2.05) is 0 Å². The molecule has 5 heteroatoms. The first-order valence-corrected chi connectivity index (χ1v) is 15.7. The first-order chi connectivity index (χ1) is 18.2. The fraction of sp³-hybridized carbons (Fsp3) is 0.882. The molecule has 0 radical (unpaired) electrons. The van der Waals surface area contributed by atoms with E-state index in [9.17, 15) is 9.59 Å². The van der Waals surface area contributed by atoms with Crippen molar-refractivity contribution in [2.75, 3.05) is 20.3 Å². The Morgan fingerprint density at radius 3 is 2.18 bits per heavy atom. The molecule has 4 saturated carbocycles. The average molecular weight is 541 g/mol. The highest BCUT2D eigenvalue weighted by atomic mass is 16.7. The van der Waals surface area contributed by atoms with Gasteiger partial charge in [0.1, 0.15) is 6.29 Å². The lowest BCUT2D eigenvalue weighted by atomic mass is 9.32. The Kier molecular flexibility index (Phi) is 6.04. The van der Waals surface area contributed by atoms with Crippen LogP contribution in [0, 0.1) is 50.2 Å². The zero-order valence-corrected chi connectivity index (χ0v) is 25.8. The summed E-state index contributed by atoms with van der Waals surface area (Å²) in [5.41, 5.74) is 1.96. The minimum absolute atomic E-state index is 0.0540. The lowest BCUT2D eigenvalue weighted by molar-refractivity contribution is -0.307. The van der Waals surface area contributed by atoms with Crippen LogP contribution < -0.4 is 0 Å². The number of ether oxygens (including phenoxy) is 3. The van der Waals surface area contributed by atoms with Gasteiger partial charge in [-0.1, -0.05) is 54.0 Å². The van der Waals surface area contributed by atoms with Crippen LogP contribution in [0.1, 0.15) is 113 Å². The third-order valence-corrected chi connectivity index (χ3v) is 14.4. The molecular weight excluding hydrogens is 488 g/mol. The fourth-order valence-corrected chi connectivity index (χ4v) is 12.0. The number of hydrogen-bond acceptors (Lipinski definition) is 5. The minimum atomic E-state index is -0.492. The van der Waals surface area contributed by atoms with Crippen LogP contribution in [0.4, 0.5) is 0 Å². The van der Waals surface area contributed by atoms with E-state index >= 15 is 0 Å². The zero-order chi connectivity index (χ0) is 28.3. The second kappa shape index (κ2) is 8.43. The maximum absolute atomic E-state index is 13.5. The van der Waals surface area contributed by atoms with Gasteiger partial charge in [-0.3, -0.25) is 9.59 Å². The van der Waals surface area contributed by atoms with Gasteiger partial charge in [-0.25, -0.2) is 0 Å².